The number of ether oxygens (including phenoxy) is 2. The van der Waals surface area contributed by atoms with Gasteiger partial charge in [-0.2, -0.15) is 10.2 Å². The van der Waals surface area contributed by atoms with E-state index in [9.17, 15) is 9.59 Å². The largest absolute Gasteiger partial charge is 0.497 e. The molecule has 0 unspecified atom stereocenters. The van der Waals surface area contributed by atoms with Crippen molar-refractivity contribution in [3.8, 4) is 34.0 Å². The summed E-state index contributed by atoms with van der Waals surface area (Å²) in [6, 6.07) is 19.7. The second-order valence-corrected chi connectivity index (χ2v) is 7.39. The fourth-order valence-electron chi connectivity index (χ4n) is 3.39. The molecule has 0 fully saturated rings. The zero-order valence-electron chi connectivity index (χ0n) is 18.9. The average Bonchev–Trinajstić information content (AvgIpc) is 3.36. The molecule has 4 rings (SSSR count). The van der Waals surface area contributed by atoms with Crippen LogP contribution in [0, 0.1) is 0 Å². The topological polar surface area (TPSA) is 111 Å². The summed E-state index contributed by atoms with van der Waals surface area (Å²) >= 11 is 0. The number of hydrogen-bond donors (Lipinski definition) is 2. The zero-order valence-corrected chi connectivity index (χ0v) is 18.9. The number of carbonyl (C=O) groups excluding carboxylic acids is 1. The van der Waals surface area contributed by atoms with Gasteiger partial charge < -0.3 is 14.8 Å². The zero-order chi connectivity index (χ0) is 23.9. The van der Waals surface area contributed by atoms with Crippen LogP contribution >= 0.6 is 0 Å². The Hall–Kier alpha value is -4.40. The van der Waals surface area contributed by atoms with E-state index in [2.05, 4.69) is 20.6 Å². The van der Waals surface area contributed by atoms with Gasteiger partial charge in [-0.15, -0.1) is 0 Å². The van der Waals surface area contributed by atoms with Crippen LogP contribution in [0.3, 0.4) is 0 Å². The number of aromatic amines is 1. The molecular formula is C25H25N5O4. The Bertz CT molecular complexity index is 1330. The van der Waals surface area contributed by atoms with Gasteiger partial charge in [0.2, 0.25) is 0 Å². The van der Waals surface area contributed by atoms with Crippen molar-refractivity contribution in [1.29, 1.82) is 0 Å². The lowest BCUT2D eigenvalue weighted by molar-refractivity contribution is 0.0946. The molecule has 0 aliphatic heterocycles. The molecular weight excluding hydrogens is 434 g/mol. The van der Waals surface area contributed by atoms with Crippen molar-refractivity contribution in [1.82, 2.24) is 25.3 Å². The first-order valence-corrected chi connectivity index (χ1v) is 10.9. The lowest BCUT2D eigenvalue weighted by atomic mass is 10.1. The highest BCUT2D eigenvalue weighted by Crippen LogP contribution is 2.22. The molecule has 0 spiro atoms. The Morgan fingerprint density at radius 1 is 1.00 bits per heavy atom. The Morgan fingerprint density at radius 2 is 1.82 bits per heavy atom. The first-order chi connectivity index (χ1) is 16.6. The number of methoxy groups -OCH3 is 1. The van der Waals surface area contributed by atoms with Gasteiger partial charge in [-0.05, 0) is 55.5 Å². The SMILES string of the molecule is CCOc1ccc(-c2ccc(=O)n(CCNC(=O)c3cc(-c4cccc(OC)c4)n[nH]3)n2)cc1. The Labute approximate surface area is 196 Å². The number of nitrogens with one attached hydrogen (secondary N) is 2. The summed E-state index contributed by atoms with van der Waals surface area (Å²) in [5.74, 6) is 1.16. The van der Waals surface area contributed by atoms with Crippen LogP contribution in [0.4, 0.5) is 0 Å². The molecule has 0 atom stereocenters. The van der Waals surface area contributed by atoms with Crippen molar-refractivity contribution >= 4 is 5.91 Å². The number of H-pyrrole nitrogens is 1. The van der Waals surface area contributed by atoms with Crippen LogP contribution in [-0.2, 0) is 6.54 Å². The van der Waals surface area contributed by atoms with Crippen LogP contribution in [0.1, 0.15) is 17.4 Å². The maximum Gasteiger partial charge on any atom is 0.269 e. The highest BCUT2D eigenvalue weighted by molar-refractivity contribution is 5.93. The molecule has 0 bridgehead atoms. The molecule has 174 valence electrons. The smallest absolute Gasteiger partial charge is 0.269 e. The molecule has 2 heterocycles. The molecule has 1 amide bonds. The molecule has 0 saturated carbocycles. The lowest BCUT2D eigenvalue weighted by Gasteiger charge is -2.09. The van der Waals surface area contributed by atoms with Gasteiger partial charge >= 0.3 is 0 Å². The first-order valence-electron chi connectivity index (χ1n) is 10.9. The van der Waals surface area contributed by atoms with Gasteiger partial charge in [0.25, 0.3) is 11.5 Å². The third kappa shape index (κ3) is 5.32. The minimum absolute atomic E-state index is 0.228. The van der Waals surface area contributed by atoms with E-state index in [1.54, 1.807) is 19.2 Å². The van der Waals surface area contributed by atoms with Crippen molar-refractivity contribution < 1.29 is 14.3 Å². The van der Waals surface area contributed by atoms with Crippen LogP contribution in [0.15, 0.2) is 71.5 Å². The van der Waals surface area contributed by atoms with E-state index >= 15 is 0 Å². The van der Waals surface area contributed by atoms with Gasteiger partial charge in [0, 0.05) is 23.7 Å². The number of benzene rings is 2. The maximum atomic E-state index is 12.5. The van der Waals surface area contributed by atoms with Crippen LogP contribution < -0.4 is 20.3 Å². The summed E-state index contributed by atoms with van der Waals surface area (Å²) < 4.78 is 12.0. The van der Waals surface area contributed by atoms with Gasteiger partial charge in [-0.25, -0.2) is 4.68 Å². The number of rotatable bonds is 9. The Balaban J connectivity index is 1.38. The highest BCUT2D eigenvalue weighted by atomic mass is 16.5. The highest BCUT2D eigenvalue weighted by Gasteiger charge is 2.12. The number of hydrogen-bond acceptors (Lipinski definition) is 6. The molecule has 9 nitrogen and oxygen atoms in total. The summed E-state index contributed by atoms with van der Waals surface area (Å²) in [5, 5.41) is 14.2. The normalized spacial score (nSPS) is 10.6. The minimum Gasteiger partial charge on any atom is -0.497 e. The fraction of sp³-hybridized carbons (Fsp3) is 0.200. The van der Waals surface area contributed by atoms with Gasteiger partial charge in [0.1, 0.15) is 17.2 Å². The Morgan fingerprint density at radius 3 is 2.59 bits per heavy atom. The molecule has 2 aromatic carbocycles. The monoisotopic (exact) mass is 459 g/mol. The van der Waals surface area contributed by atoms with Crippen molar-refractivity contribution in [2.75, 3.05) is 20.3 Å². The average molecular weight is 460 g/mol. The number of nitrogens with zero attached hydrogens (tertiary/aromatic N) is 3. The molecule has 2 aromatic heterocycles. The number of amides is 1. The van der Waals surface area contributed by atoms with E-state index in [-0.39, 0.29) is 24.6 Å². The fourth-order valence-corrected chi connectivity index (χ4v) is 3.39. The number of aromatic nitrogens is 4. The second kappa shape index (κ2) is 10.5. The number of carbonyl (C=O) groups is 1. The molecule has 9 heteroatoms. The summed E-state index contributed by atoms with van der Waals surface area (Å²) in [5.41, 5.74) is 3.06. The summed E-state index contributed by atoms with van der Waals surface area (Å²) in [7, 11) is 1.59. The van der Waals surface area contributed by atoms with E-state index in [1.165, 1.54) is 10.7 Å². The van der Waals surface area contributed by atoms with Crippen LogP contribution in [0.25, 0.3) is 22.5 Å². The van der Waals surface area contributed by atoms with Gasteiger partial charge in [0.05, 0.1) is 31.6 Å². The summed E-state index contributed by atoms with van der Waals surface area (Å²) in [6.45, 7) is 2.98. The van der Waals surface area contributed by atoms with Crippen molar-refractivity contribution in [3.63, 3.8) is 0 Å². The summed E-state index contributed by atoms with van der Waals surface area (Å²) in [4.78, 5) is 24.8. The van der Waals surface area contributed by atoms with Gasteiger partial charge in [0.15, 0.2) is 0 Å². The molecule has 0 aliphatic carbocycles. The summed E-state index contributed by atoms with van der Waals surface area (Å²) in [6.07, 6.45) is 0. The molecule has 4 aromatic rings. The standard InChI is InChI=1S/C25H25N5O4/c1-3-34-19-9-7-17(8-10-19)21-11-12-24(31)30(29-21)14-13-26-25(32)23-16-22(27-28-23)18-5-4-6-20(15-18)33-2/h4-12,15-16H,3,13-14H2,1-2H3,(H,26,32)(H,27,28). The van der Waals surface area contributed by atoms with Crippen LogP contribution in [0.2, 0.25) is 0 Å². The van der Waals surface area contributed by atoms with E-state index in [0.29, 0.717) is 29.4 Å². The van der Waals surface area contributed by atoms with E-state index in [4.69, 9.17) is 9.47 Å². The third-order valence-corrected chi connectivity index (χ3v) is 5.12. The molecule has 2 N–H and O–H groups in total. The van der Waals surface area contributed by atoms with E-state index in [0.717, 1.165) is 16.9 Å². The van der Waals surface area contributed by atoms with Crippen LogP contribution in [-0.4, -0.2) is 46.1 Å². The predicted molar refractivity (Wildman–Crippen MR) is 128 cm³/mol. The van der Waals surface area contributed by atoms with Crippen molar-refractivity contribution in [2.45, 2.75) is 13.5 Å². The quantitative estimate of drug-likeness (QED) is 0.398. The molecule has 0 radical (unpaired) electrons. The van der Waals surface area contributed by atoms with Gasteiger partial charge in [-0.1, -0.05) is 12.1 Å². The Kier molecular flexibility index (Phi) is 7.02. The van der Waals surface area contributed by atoms with E-state index in [1.807, 2.05) is 55.5 Å². The lowest BCUT2D eigenvalue weighted by Crippen LogP contribution is -2.32. The van der Waals surface area contributed by atoms with Crippen LogP contribution in [0.5, 0.6) is 11.5 Å². The van der Waals surface area contributed by atoms with Gasteiger partial charge in [-0.3, -0.25) is 14.7 Å². The van der Waals surface area contributed by atoms with E-state index < -0.39 is 0 Å². The second-order valence-electron chi connectivity index (χ2n) is 7.39. The third-order valence-electron chi connectivity index (χ3n) is 5.12. The predicted octanol–water partition coefficient (Wildman–Crippen LogP) is 3.14. The maximum absolute atomic E-state index is 12.5. The minimum atomic E-state index is -0.322. The van der Waals surface area contributed by atoms with Crippen molar-refractivity contribution in [3.05, 3.63) is 82.8 Å². The first kappa shape index (κ1) is 22.8. The van der Waals surface area contributed by atoms with Crippen molar-refractivity contribution in [2.24, 2.45) is 0 Å². The molecule has 0 aliphatic rings. The molecule has 0 saturated heterocycles. The molecule has 34 heavy (non-hydrogen) atoms.